The Morgan fingerprint density at radius 2 is 1.24 bits per heavy atom. The van der Waals surface area contributed by atoms with E-state index in [4.69, 9.17) is 5.73 Å². The molecule has 3 heteroatoms. The molecule has 1 N–H and O–H groups in total. The van der Waals surface area contributed by atoms with Crippen LogP contribution in [0, 0.1) is 29.2 Å². The van der Waals surface area contributed by atoms with Gasteiger partial charge in [-0.1, -0.05) is 127 Å². The molecular weight excluding hydrogens is 629 g/mol. The molecule has 7 rings (SSSR count). The third-order valence-electron chi connectivity index (χ3n) is 8.47. The molecule has 199 valence electrons. The molecule has 4 fully saturated rings. The van der Waals surface area contributed by atoms with Crippen LogP contribution in [0.5, 0.6) is 0 Å². The molecule has 0 aromatic heterocycles. The van der Waals surface area contributed by atoms with E-state index in [0.29, 0.717) is 11.3 Å². The Balaban J connectivity index is 0.000000185. The molecule has 2 aromatic rings. The minimum absolute atomic E-state index is 0. The fourth-order valence-electron chi connectivity index (χ4n) is 7.14. The van der Waals surface area contributed by atoms with Crippen LogP contribution < -0.4 is 0 Å². The second-order valence-corrected chi connectivity index (χ2v) is 13.3. The fourth-order valence-corrected chi connectivity index (χ4v) is 7.14. The van der Waals surface area contributed by atoms with Gasteiger partial charge in [0, 0.05) is 35.4 Å². The Kier molecular flexibility index (Phi) is 12.5. The molecule has 4 bridgehead atoms. The molecule has 2 aromatic carbocycles. The van der Waals surface area contributed by atoms with Gasteiger partial charge >= 0.3 is 0 Å². The summed E-state index contributed by atoms with van der Waals surface area (Å²) in [4.78, 5) is 0. The Bertz CT molecular complexity index is 955. The first-order valence-corrected chi connectivity index (χ1v) is 16.3. The van der Waals surface area contributed by atoms with Crippen molar-refractivity contribution in [2.75, 3.05) is 0 Å². The molecule has 1 radical (unpaired) electrons. The summed E-state index contributed by atoms with van der Waals surface area (Å²) in [6.07, 6.45) is 11.3. The van der Waals surface area contributed by atoms with E-state index in [9.17, 15) is 0 Å². The van der Waals surface area contributed by atoms with Gasteiger partial charge in [-0.2, -0.15) is 11.1 Å². The van der Waals surface area contributed by atoms with Gasteiger partial charge < -0.3 is 5.73 Å². The normalized spacial score (nSPS) is 30.5. The first-order valence-electron chi connectivity index (χ1n) is 14.0. The van der Waals surface area contributed by atoms with Gasteiger partial charge in [0.15, 0.2) is 0 Å². The molecule has 0 heterocycles. The van der Waals surface area contributed by atoms with Crippen molar-refractivity contribution < 1.29 is 25.8 Å². The van der Waals surface area contributed by atoms with Crippen molar-refractivity contribution in [1.29, 1.82) is 0 Å². The second kappa shape index (κ2) is 14.4. The van der Waals surface area contributed by atoms with Crippen LogP contribution in [0.1, 0.15) is 73.1 Å². The SMILES string of the molecule is CC12CC3CC(C1)CC([NH-])(C3)C2.CC1=[C-]C(C)C(C)=C1C.C[SiH]C.[Hf].c1ccc(-c2ccccc2)cc1. The summed E-state index contributed by atoms with van der Waals surface area (Å²) in [6.45, 7) is 15.5. The van der Waals surface area contributed by atoms with E-state index in [1.54, 1.807) is 0 Å². The van der Waals surface area contributed by atoms with Gasteiger partial charge in [-0.15, -0.1) is 12.5 Å². The van der Waals surface area contributed by atoms with Crippen LogP contribution in [-0.2, 0) is 25.8 Å². The third kappa shape index (κ3) is 9.00. The van der Waals surface area contributed by atoms with Gasteiger partial charge in [0.1, 0.15) is 0 Å². The van der Waals surface area contributed by atoms with Crippen LogP contribution in [0.3, 0.4) is 0 Å². The van der Waals surface area contributed by atoms with Crippen LogP contribution in [0.15, 0.2) is 77.4 Å². The molecule has 0 saturated heterocycles. The Morgan fingerprint density at radius 1 is 0.811 bits per heavy atom. The maximum absolute atomic E-state index is 8.34. The molecule has 5 aliphatic carbocycles. The number of rotatable bonds is 1. The van der Waals surface area contributed by atoms with Crippen molar-refractivity contribution in [3.05, 3.63) is 89.2 Å². The van der Waals surface area contributed by atoms with Crippen LogP contribution in [0.2, 0.25) is 13.1 Å². The summed E-state index contributed by atoms with van der Waals surface area (Å²) in [5.41, 5.74) is 15.7. The van der Waals surface area contributed by atoms with E-state index < -0.39 is 0 Å². The maximum Gasteiger partial charge on any atom is 0.0213 e. The predicted molar refractivity (Wildman–Crippen MR) is 161 cm³/mol. The summed E-state index contributed by atoms with van der Waals surface area (Å²) in [5.74, 6) is 2.41. The predicted octanol–water partition coefficient (Wildman–Crippen LogP) is 9.99. The van der Waals surface area contributed by atoms with Gasteiger partial charge in [0.25, 0.3) is 0 Å². The molecule has 5 aliphatic rings. The quantitative estimate of drug-likeness (QED) is 0.212. The van der Waals surface area contributed by atoms with Crippen LogP contribution in [0.25, 0.3) is 16.9 Å². The van der Waals surface area contributed by atoms with E-state index in [2.05, 4.69) is 102 Å². The number of allylic oxidation sites excluding steroid dienone is 4. The maximum atomic E-state index is 8.34. The van der Waals surface area contributed by atoms with Crippen molar-refractivity contribution in [1.82, 2.24) is 0 Å². The molecule has 1 nitrogen and oxygen atoms in total. The van der Waals surface area contributed by atoms with Crippen molar-refractivity contribution in [3.8, 4) is 11.1 Å². The zero-order chi connectivity index (χ0) is 26.3. The van der Waals surface area contributed by atoms with Gasteiger partial charge in [-0.05, 0) is 47.6 Å². The third-order valence-corrected chi connectivity index (χ3v) is 8.47. The minimum atomic E-state index is 0. The molecule has 0 amide bonds. The monoisotopic (exact) mass is 678 g/mol. The summed E-state index contributed by atoms with van der Waals surface area (Å²) in [6, 6.07) is 20.8. The van der Waals surface area contributed by atoms with E-state index in [1.807, 2.05) is 12.1 Å². The molecule has 37 heavy (non-hydrogen) atoms. The first kappa shape index (κ1) is 32.2. The van der Waals surface area contributed by atoms with E-state index in [0.717, 1.165) is 21.4 Å². The van der Waals surface area contributed by atoms with Crippen LogP contribution in [0.4, 0.5) is 0 Å². The minimum Gasteiger partial charge on any atom is -0.672 e. The fraction of sp³-hybridized carbons (Fsp3) is 0.529. The van der Waals surface area contributed by atoms with Gasteiger partial charge in [0.05, 0.1) is 0 Å². The first-order chi connectivity index (χ1) is 17.1. The van der Waals surface area contributed by atoms with Crippen molar-refractivity contribution in [3.63, 3.8) is 0 Å². The summed E-state index contributed by atoms with van der Waals surface area (Å²) >= 11 is 0. The average molecular weight is 677 g/mol. The molecule has 3 atom stereocenters. The standard InChI is InChI=1S/C12H10.C11H18N.C9H13.C2H7Si.Hf/c1-3-7-11(8-4-1)12-9-5-2-6-10-12;1-10-3-8-2-9(4-10)6-11(12,5-8)7-10;1-6-5-7(2)9(4)8(6)3;1-3-2;/h1-10H;8-9,12H,2-7H2,1H3;6H,1-4H3;3H,1-2H3;/q;2*-1;;. The molecule has 0 spiro atoms. The smallest absolute Gasteiger partial charge is 0.0213 e. The Labute approximate surface area is 249 Å². The summed E-state index contributed by atoms with van der Waals surface area (Å²) < 4.78 is 0. The topological polar surface area (TPSA) is 23.8 Å². The van der Waals surface area contributed by atoms with E-state index >= 15 is 0 Å². The largest absolute Gasteiger partial charge is 0.672 e. The molecular formula is C34H48HfNSi-2. The Morgan fingerprint density at radius 3 is 1.51 bits per heavy atom. The van der Waals surface area contributed by atoms with E-state index in [-0.39, 0.29) is 31.4 Å². The second-order valence-electron chi connectivity index (χ2n) is 12.2. The number of hydrogen-bond acceptors (Lipinski definition) is 0. The van der Waals surface area contributed by atoms with Crippen LogP contribution >= 0.6 is 0 Å². The van der Waals surface area contributed by atoms with Gasteiger partial charge in [-0.25, -0.2) is 5.57 Å². The van der Waals surface area contributed by atoms with Crippen molar-refractivity contribution in [2.24, 2.45) is 23.2 Å². The zero-order valence-corrected chi connectivity index (χ0v) is 29.1. The van der Waals surface area contributed by atoms with Gasteiger partial charge in [-0.3, -0.25) is 6.08 Å². The van der Waals surface area contributed by atoms with Crippen molar-refractivity contribution in [2.45, 2.75) is 91.8 Å². The molecule has 4 saturated carbocycles. The summed E-state index contributed by atoms with van der Waals surface area (Å²) in [7, 11) is 0.750. The average Bonchev–Trinajstić information content (AvgIpc) is 3.04. The van der Waals surface area contributed by atoms with E-state index in [1.165, 1.54) is 66.4 Å². The van der Waals surface area contributed by atoms with Crippen molar-refractivity contribution >= 4 is 9.52 Å². The van der Waals surface area contributed by atoms with Crippen LogP contribution in [-0.4, -0.2) is 15.1 Å². The molecule has 3 unspecified atom stereocenters. The number of nitrogens with one attached hydrogen (secondary N) is 1. The molecule has 0 aliphatic heterocycles. The number of benzene rings is 2. The number of hydrogen-bond donors (Lipinski definition) is 0. The zero-order valence-electron chi connectivity index (χ0n) is 24.3. The van der Waals surface area contributed by atoms with Gasteiger partial charge in [0.2, 0.25) is 0 Å². The Hall–Kier alpha value is -1.03. The summed E-state index contributed by atoms with van der Waals surface area (Å²) in [5, 5.41) is 0.